The van der Waals surface area contributed by atoms with Crippen LogP contribution in [0.1, 0.15) is 30.7 Å². The van der Waals surface area contributed by atoms with Gasteiger partial charge in [-0.05, 0) is 43.3 Å². The molecule has 0 aliphatic rings. The number of hydrogen-bond acceptors (Lipinski definition) is 6. The van der Waals surface area contributed by atoms with Crippen LogP contribution >= 0.6 is 11.3 Å². The van der Waals surface area contributed by atoms with Crippen LogP contribution in [0.2, 0.25) is 0 Å². The van der Waals surface area contributed by atoms with E-state index in [1.165, 1.54) is 0 Å². The maximum atomic E-state index is 12.2. The van der Waals surface area contributed by atoms with Crippen LogP contribution in [0.5, 0.6) is 0 Å². The van der Waals surface area contributed by atoms with Gasteiger partial charge in [-0.1, -0.05) is 35.3 Å². The minimum Gasteiger partial charge on any atom is -0.339 e. The molecule has 0 aliphatic carbocycles. The summed E-state index contributed by atoms with van der Waals surface area (Å²) in [7, 11) is -3.43. The van der Waals surface area contributed by atoms with Gasteiger partial charge < -0.3 is 4.52 Å². The molecule has 0 saturated heterocycles. The molecule has 0 amide bonds. The summed E-state index contributed by atoms with van der Waals surface area (Å²) in [5.41, 5.74) is 1.03. The number of rotatable bonds is 9. The van der Waals surface area contributed by atoms with Crippen molar-refractivity contribution in [1.29, 1.82) is 0 Å². The minimum absolute atomic E-state index is 0.301. The van der Waals surface area contributed by atoms with Gasteiger partial charge in [0.1, 0.15) is 0 Å². The molecule has 1 aromatic carbocycles. The standard InChI is InChI=1S/C18H21N3O3S2/c1-14-8-10-15(11-9-14)26(22,23)19-12-4-2-3-7-17-20-18(21-24-17)16-6-5-13-25-16/h5-6,8-11,13,19H,2-4,7,12H2,1H3. The Morgan fingerprint density at radius 2 is 1.92 bits per heavy atom. The number of benzene rings is 1. The van der Waals surface area contributed by atoms with Gasteiger partial charge in [-0.15, -0.1) is 11.3 Å². The van der Waals surface area contributed by atoms with Crippen molar-refractivity contribution >= 4 is 21.4 Å². The molecule has 2 aromatic heterocycles. The monoisotopic (exact) mass is 391 g/mol. The summed E-state index contributed by atoms with van der Waals surface area (Å²) in [6, 6.07) is 10.7. The lowest BCUT2D eigenvalue weighted by molar-refractivity contribution is 0.374. The smallest absolute Gasteiger partial charge is 0.240 e. The molecule has 2 heterocycles. The number of thiophene rings is 1. The molecule has 0 saturated carbocycles. The predicted octanol–water partition coefficient (Wildman–Crippen LogP) is 3.80. The number of nitrogens with zero attached hydrogens (tertiary/aromatic N) is 2. The van der Waals surface area contributed by atoms with E-state index < -0.39 is 10.0 Å². The average molecular weight is 392 g/mol. The molecule has 6 nitrogen and oxygen atoms in total. The SMILES string of the molecule is Cc1ccc(S(=O)(=O)NCCCCCc2nc(-c3cccs3)no2)cc1. The van der Waals surface area contributed by atoms with Gasteiger partial charge >= 0.3 is 0 Å². The van der Waals surface area contributed by atoms with Gasteiger partial charge in [0.05, 0.1) is 9.77 Å². The Balaban J connectivity index is 1.37. The average Bonchev–Trinajstić information content (AvgIpc) is 3.29. The topological polar surface area (TPSA) is 85.1 Å². The molecule has 138 valence electrons. The highest BCUT2D eigenvalue weighted by atomic mass is 32.2. The Morgan fingerprint density at radius 1 is 1.12 bits per heavy atom. The van der Waals surface area contributed by atoms with Gasteiger partial charge in [0.15, 0.2) is 0 Å². The predicted molar refractivity (Wildman–Crippen MR) is 102 cm³/mol. The number of aromatic nitrogens is 2. The van der Waals surface area contributed by atoms with E-state index in [4.69, 9.17) is 4.52 Å². The quantitative estimate of drug-likeness (QED) is 0.561. The lowest BCUT2D eigenvalue weighted by atomic mass is 10.2. The zero-order chi connectivity index (χ0) is 18.4. The van der Waals surface area contributed by atoms with Crippen molar-refractivity contribution in [2.45, 2.75) is 37.5 Å². The summed E-state index contributed by atoms with van der Waals surface area (Å²) in [4.78, 5) is 5.67. The third-order valence-corrected chi connectivity index (χ3v) is 6.24. The number of nitrogens with one attached hydrogen (secondary N) is 1. The first-order chi connectivity index (χ1) is 12.5. The van der Waals surface area contributed by atoms with Crippen molar-refractivity contribution < 1.29 is 12.9 Å². The second kappa shape index (κ2) is 8.57. The maximum Gasteiger partial charge on any atom is 0.240 e. The molecule has 0 spiro atoms. The fraction of sp³-hybridized carbons (Fsp3) is 0.333. The Kier molecular flexibility index (Phi) is 6.18. The molecule has 0 radical (unpaired) electrons. The molecule has 1 N–H and O–H groups in total. The van der Waals surface area contributed by atoms with Crippen molar-refractivity contribution in [3.8, 4) is 10.7 Å². The number of aryl methyl sites for hydroxylation is 2. The summed E-state index contributed by atoms with van der Waals surface area (Å²) in [6.45, 7) is 2.34. The van der Waals surface area contributed by atoms with Crippen LogP contribution in [0.15, 0.2) is 51.2 Å². The Morgan fingerprint density at radius 3 is 2.65 bits per heavy atom. The number of sulfonamides is 1. The van der Waals surface area contributed by atoms with Crippen LogP contribution in [0.25, 0.3) is 10.7 Å². The van der Waals surface area contributed by atoms with E-state index in [1.807, 2.05) is 24.4 Å². The minimum atomic E-state index is -3.43. The number of unbranched alkanes of at least 4 members (excludes halogenated alkanes) is 2. The van der Waals surface area contributed by atoms with E-state index >= 15 is 0 Å². The van der Waals surface area contributed by atoms with Crippen LogP contribution < -0.4 is 4.72 Å². The summed E-state index contributed by atoms with van der Waals surface area (Å²) in [5, 5.41) is 5.95. The largest absolute Gasteiger partial charge is 0.339 e. The Hall–Kier alpha value is -2.03. The first-order valence-corrected chi connectivity index (χ1v) is 10.8. The molecule has 0 aliphatic heterocycles. The third kappa shape index (κ3) is 5.00. The van der Waals surface area contributed by atoms with E-state index in [-0.39, 0.29) is 0 Å². The fourth-order valence-electron chi connectivity index (χ4n) is 2.45. The van der Waals surface area contributed by atoms with E-state index in [1.54, 1.807) is 35.6 Å². The molecule has 0 fully saturated rings. The first-order valence-electron chi connectivity index (χ1n) is 8.47. The van der Waals surface area contributed by atoms with Gasteiger partial charge in [0.2, 0.25) is 21.7 Å². The second-order valence-electron chi connectivity index (χ2n) is 6.01. The third-order valence-electron chi connectivity index (χ3n) is 3.90. The summed E-state index contributed by atoms with van der Waals surface area (Å²) < 4.78 is 32.2. The fourth-order valence-corrected chi connectivity index (χ4v) is 4.17. The lowest BCUT2D eigenvalue weighted by Gasteiger charge is -2.06. The summed E-state index contributed by atoms with van der Waals surface area (Å²) in [5.74, 6) is 1.24. The maximum absolute atomic E-state index is 12.2. The van der Waals surface area contributed by atoms with Crippen molar-refractivity contribution in [1.82, 2.24) is 14.9 Å². The van der Waals surface area contributed by atoms with E-state index in [0.29, 0.717) is 29.6 Å². The normalized spacial score (nSPS) is 11.7. The van der Waals surface area contributed by atoms with E-state index in [9.17, 15) is 8.42 Å². The summed E-state index contributed by atoms with van der Waals surface area (Å²) >= 11 is 1.58. The summed E-state index contributed by atoms with van der Waals surface area (Å²) in [6.07, 6.45) is 3.21. The molecule has 0 bridgehead atoms. The van der Waals surface area contributed by atoms with Crippen LogP contribution in [0.4, 0.5) is 0 Å². The van der Waals surface area contributed by atoms with Crippen molar-refractivity contribution in [2.75, 3.05) is 6.54 Å². The van der Waals surface area contributed by atoms with Crippen LogP contribution in [0.3, 0.4) is 0 Å². The Bertz CT molecular complexity index is 917. The van der Waals surface area contributed by atoms with Crippen molar-refractivity contribution in [2.24, 2.45) is 0 Å². The van der Waals surface area contributed by atoms with Crippen molar-refractivity contribution in [3.05, 3.63) is 53.2 Å². The van der Waals surface area contributed by atoms with Gasteiger partial charge in [-0.2, -0.15) is 4.98 Å². The van der Waals surface area contributed by atoms with E-state index in [2.05, 4.69) is 14.9 Å². The zero-order valence-corrected chi connectivity index (χ0v) is 16.1. The molecule has 3 rings (SSSR count). The van der Waals surface area contributed by atoms with Crippen LogP contribution in [-0.4, -0.2) is 25.1 Å². The highest BCUT2D eigenvalue weighted by molar-refractivity contribution is 7.89. The highest BCUT2D eigenvalue weighted by Gasteiger charge is 2.13. The highest BCUT2D eigenvalue weighted by Crippen LogP contribution is 2.21. The number of hydrogen-bond donors (Lipinski definition) is 1. The van der Waals surface area contributed by atoms with Crippen LogP contribution in [0, 0.1) is 6.92 Å². The van der Waals surface area contributed by atoms with Gasteiger partial charge in [0.25, 0.3) is 0 Å². The second-order valence-corrected chi connectivity index (χ2v) is 8.73. The lowest BCUT2D eigenvalue weighted by Crippen LogP contribution is -2.24. The molecular weight excluding hydrogens is 370 g/mol. The molecule has 8 heteroatoms. The van der Waals surface area contributed by atoms with E-state index in [0.717, 1.165) is 29.7 Å². The first kappa shape index (κ1) is 18.8. The molecule has 0 unspecified atom stereocenters. The van der Waals surface area contributed by atoms with Gasteiger partial charge in [-0.25, -0.2) is 13.1 Å². The molecule has 0 atom stereocenters. The zero-order valence-electron chi connectivity index (χ0n) is 14.5. The molecule has 3 aromatic rings. The van der Waals surface area contributed by atoms with Crippen molar-refractivity contribution in [3.63, 3.8) is 0 Å². The van der Waals surface area contributed by atoms with Crippen LogP contribution in [-0.2, 0) is 16.4 Å². The Labute approximate surface area is 157 Å². The molecular formula is C18H21N3O3S2. The van der Waals surface area contributed by atoms with Gasteiger partial charge in [-0.3, -0.25) is 0 Å². The molecule has 26 heavy (non-hydrogen) atoms. The van der Waals surface area contributed by atoms with Gasteiger partial charge in [0, 0.05) is 13.0 Å².